The molecule has 0 atom stereocenters. The first-order valence-electron chi connectivity index (χ1n) is 10.6. The van der Waals surface area contributed by atoms with Crippen molar-refractivity contribution in [1.29, 1.82) is 0 Å². The van der Waals surface area contributed by atoms with Gasteiger partial charge in [-0.3, -0.25) is 9.89 Å². The number of methoxy groups -OCH3 is 1. The average molecular weight is 419 g/mol. The van der Waals surface area contributed by atoms with E-state index in [2.05, 4.69) is 26.8 Å². The highest BCUT2D eigenvalue weighted by Crippen LogP contribution is 2.20. The van der Waals surface area contributed by atoms with Crippen LogP contribution < -0.4 is 15.1 Å². The molecule has 4 rings (SSSR count). The monoisotopic (exact) mass is 418 g/mol. The van der Waals surface area contributed by atoms with E-state index in [1.165, 1.54) is 31.5 Å². The normalized spacial score (nSPS) is 14.6. The first-order chi connectivity index (χ1) is 15.1. The summed E-state index contributed by atoms with van der Waals surface area (Å²) in [6.07, 6.45) is 2.56. The Morgan fingerprint density at radius 2 is 1.94 bits per heavy atom. The van der Waals surface area contributed by atoms with Gasteiger partial charge in [0.25, 0.3) is 5.91 Å². The number of hydrazone groups is 1. The lowest BCUT2D eigenvalue weighted by atomic mass is 10.1. The molecule has 1 aliphatic rings. The number of quaternary nitrogens is 1. The van der Waals surface area contributed by atoms with Gasteiger partial charge in [-0.15, -0.1) is 0 Å². The van der Waals surface area contributed by atoms with Crippen LogP contribution in [-0.4, -0.2) is 42.0 Å². The highest BCUT2D eigenvalue weighted by atomic mass is 16.5. The van der Waals surface area contributed by atoms with Crippen LogP contribution in [0.4, 0.5) is 0 Å². The Morgan fingerprint density at radius 1 is 1.16 bits per heavy atom. The molecule has 0 bridgehead atoms. The zero-order valence-electron chi connectivity index (χ0n) is 17.9. The molecule has 0 saturated carbocycles. The molecule has 0 aliphatic carbocycles. The molecule has 31 heavy (non-hydrogen) atoms. The summed E-state index contributed by atoms with van der Waals surface area (Å²) in [6.45, 7) is 5.22. The van der Waals surface area contributed by atoms with E-state index in [0.717, 1.165) is 34.8 Å². The van der Waals surface area contributed by atoms with Crippen LogP contribution in [0.3, 0.4) is 0 Å². The van der Waals surface area contributed by atoms with Crippen LogP contribution in [0, 0.1) is 0 Å². The number of hydrogen-bond acceptors (Lipinski definition) is 4. The van der Waals surface area contributed by atoms with Gasteiger partial charge in [0.05, 0.1) is 31.6 Å². The lowest BCUT2D eigenvalue weighted by Crippen LogP contribution is -3.08. The van der Waals surface area contributed by atoms with E-state index in [-0.39, 0.29) is 5.91 Å². The lowest BCUT2D eigenvalue weighted by molar-refractivity contribution is -0.901. The number of benzene rings is 2. The van der Waals surface area contributed by atoms with Crippen molar-refractivity contribution >= 4 is 11.6 Å². The maximum atomic E-state index is 12.5. The SMILES string of the molecule is COc1ccc(/C(C)=N\NC(=O)c2cc(-c3ccccc3)n[nH]2)cc1C[NH+]1CCCC1. The van der Waals surface area contributed by atoms with E-state index in [1.807, 2.05) is 49.4 Å². The highest BCUT2D eigenvalue weighted by molar-refractivity contribution is 6.00. The molecular weight excluding hydrogens is 390 g/mol. The smallest absolute Gasteiger partial charge is 0.289 e. The minimum absolute atomic E-state index is 0.329. The molecule has 2 heterocycles. The van der Waals surface area contributed by atoms with Crippen LogP contribution in [0.25, 0.3) is 11.3 Å². The maximum absolute atomic E-state index is 12.5. The van der Waals surface area contributed by atoms with Gasteiger partial charge in [-0.25, -0.2) is 5.43 Å². The quantitative estimate of drug-likeness (QED) is 0.407. The number of aromatic nitrogens is 2. The van der Waals surface area contributed by atoms with Gasteiger partial charge < -0.3 is 9.64 Å². The Bertz CT molecular complexity index is 1070. The lowest BCUT2D eigenvalue weighted by Gasteiger charge is -2.15. The third-order valence-electron chi connectivity index (χ3n) is 5.67. The number of nitrogens with one attached hydrogen (secondary N) is 3. The van der Waals surface area contributed by atoms with Gasteiger partial charge in [-0.1, -0.05) is 30.3 Å². The van der Waals surface area contributed by atoms with Crippen LogP contribution in [0.1, 0.15) is 41.4 Å². The summed E-state index contributed by atoms with van der Waals surface area (Å²) < 4.78 is 5.55. The number of hydrogen-bond donors (Lipinski definition) is 3. The summed E-state index contributed by atoms with van der Waals surface area (Å²) >= 11 is 0. The van der Waals surface area contributed by atoms with Crippen molar-refractivity contribution in [1.82, 2.24) is 15.6 Å². The maximum Gasteiger partial charge on any atom is 0.289 e. The van der Waals surface area contributed by atoms with Gasteiger partial charge >= 0.3 is 0 Å². The standard InChI is InChI=1S/C24H27N5O2/c1-17(19-10-11-23(31-2)20(14-19)16-29-12-6-7-13-29)25-28-24(30)22-15-21(26-27-22)18-8-4-3-5-9-18/h3-5,8-11,14-15H,6-7,12-13,16H2,1-2H3,(H,26,27)(H,28,30)/p+1/b25-17-. The van der Waals surface area contributed by atoms with E-state index in [4.69, 9.17) is 4.74 Å². The number of carbonyl (C=O) groups excluding carboxylic acids is 1. The molecule has 3 N–H and O–H groups in total. The molecule has 3 aromatic rings. The molecule has 2 aromatic carbocycles. The summed E-state index contributed by atoms with van der Waals surface area (Å²) in [5.74, 6) is 0.565. The second-order valence-electron chi connectivity index (χ2n) is 7.83. The molecule has 1 fully saturated rings. The summed E-state index contributed by atoms with van der Waals surface area (Å²) in [4.78, 5) is 14.1. The first kappa shape index (κ1) is 20.8. The van der Waals surface area contributed by atoms with Crippen molar-refractivity contribution in [2.24, 2.45) is 5.10 Å². The average Bonchev–Trinajstić information content (AvgIpc) is 3.50. The topological polar surface area (TPSA) is 83.8 Å². The molecule has 0 spiro atoms. The van der Waals surface area contributed by atoms with Crippen molar-refractivity contribution in [3.05, 3.63) is 71.4 Å². The van der Waals surface area contributed by atoms with Crippen LogP contribution in [0.2, 0.25) is 0 Å². The number of aromatic amines is 1. The third kappa shape index (κ3) is 5.00. The molecule has 0 unspecified atom stereocenters. The predicted molar refractivity (Wildman–Crippen MR) is 120 cm³/mol. The van der Waals surface area contributed by atoms with E-state index in [0.29, 0.717) is 5.69 Å². The van der Waals surface area contributed by atoms with Gasteiger partial charge in [-0.05, 0) is 36.8 Å². The zero-order valence-corrected chi connectivity index (χ0v) is 17.9. The van der Waals surface area contributed by atoms with Crippen molar-refractivity contribution in [2.75, 3.05) is 20.2 Å². The van der Waals surface area contributed by atoms with Crippen LogP contribution in [0.5, 0.6) is 5.75 Å². The molecule has 1 amide bonds. The van der Waals surface area contributed by atoms with E-state index in [9.17, 15) is 4.79 Å². The summed E-state index contributed by atoms with van der Waals surface area (Å²) in [5, 5.41) is 11.3. The fourth-order valence-corrected chi connectivity index (χ4v) is 3.92. The van der Waals surface area contributed by atoms with Crippen molar-refractivity contribution in [3.8, 4) is 17.0 Å². The molecule has 1 saturated heterocycles. The zero-order chi connectivity index (χ0) is 21.6. The van der Waals surface area contributed by atoms with Gasteiger partial charge in [0.1, 0.15) is 18.0 Å². The molecular formula is C24H28N5O2+. The number of nitrogens with zero attached hydrogens (tertiary/aromatic N) is 2. The van der Waals surface area contributed by atoms with Crippen molar-refractivity contribution in [3.63, 3.8) is 0 Å². The largest absolute Gasteiger partial charge is 0.496 e. The number of likely N-dealkylation sites (tertiary alicyclic amines) is 1. The van der Waals surface area contributed by atoms with Gasteiger partial charge in [0.15, 0.2) is 0 Å². The number of amides is 1. The fraction of sp³-hybridized carbons (Fsp3) is 0.292. The first-order valence-corrected chi connectivity index (χ1v) is 10.6. The molecule has 1 aliphatic heterocycles. The minimum Gasteiger partial charge on any atom is -0.496 e. The van der Waals surface area contributed by atoms with Gasteiger partial charge in [0, 0.05) is 24.0 Å². The highest BCUT2D eigenvalue weighted by Gasteiger charge is 2.18. The van der Waals surface area contributed by atoms with E-state index in [1.54, 1.807) is 18.1 Å². The van der Waals surface area contributed by atoms with Crippen LogP contribution in [-0.2, 0) is 6.54 Å². The Morgan fingerprint density at radius 3 is 2.68 bits per heavy atom. The molecule has 1 aromatic heterocycles. The second-order valence-corrected chi connectivity index (χ2v) is 7.83. The Labute approximate surface area is 182 Å². The third-order valence-corrected chi connectivity index (χ3v) is 5.67. The summed E-state index contributed by atoms with van der Waals surface area (Å²) in [6, 6.07) is 17.5. The van der Waals surface area contributed by atoms with Gasteiger partial charge in [0.2, 0.25) is 0 Å². The van der Waals surface area contributed by atoms with E-state index >= 15 is 0 Å². The number of carbonyl (C=O) groups is 1. The van der Waals surface area contributed by atoms with Crippen LogP contribution >= 0.6 is 0 Å². The van der Waals surface area contributed by atoms with Gasteiger partial charge in [-0.2, -0.15) is 10.2 Å². The minimum atomic E-state index is -0.329. The predicted octanol–water partition coefficient (Wildman–Crippen LogP) is 2.42. The number of rotatable bonds is 7. The summed E-state index contributed by atoms with van der Waals surface area (Å²) in [5.41, 5.74) is 7.52. The number of H-pyrrole nitrogens is 1. The summed E-state index contributed by atoms with van der Waals surface area (Å²) in [7, 11) is 1.70. The molecule has 160 valence electrons. The van der Waals surface area contributed by atoms with Crippen molar-refractivity contribution < 1.29 is 14.4 Å². The second kappa shape index (κ2) is 9.57. The Kier molecular flexibility index (Phi) is 6.43. The van der Waals surface area contributed by atoms with Crippen molar-refractivity contribution in [2.45, 2.75) is 26.3 Å². The molecule has 0 radical (unpaired) electrons. The molecule has 7 heteroatoms. The van der Waals surface area contributed by atoms with E-state index < -0.39 is 0 Å². The Hall–Kier alpha value is -3.45. The molecule has 7 nitrogen and oxygen atoms in total. The number of ether oxygens (including phenoxy) is 1. The fourth-order valence-electron chi connectivity index (χ4n) is 3.92. The Balaban J connectivity index is 1.45. The van der Waals surface area contributed by atoms with Crippen LogP contribution in [0.15, 0.2) is 59.7 Å².